The molecule has 2 aromatic carbocycles. The van der Waals surface area contributed by atoms with Crippen LogP contribution in [0.15, 0.2) is 65.2 Å². The monoisotopic (exact) mass is 398 g/mol. The summed E-state index contributed by atoms with van der Waals surface area (Å²) < 4.78 is 1.26. The zero-order valence-electron chi connectivity index (χ0n) is 15.7. The molecule has 4 rings (SSSR count). The lowest BCUT2D eigenvalue weighted by Gasteiger charge is -2.10. The molecule has 30 heavy (non-hydrogen) atoms. The van der Waals surface area contributed by atoms with Gasteiger partial charge in [-0.05, 0) is 22.9 Å². The van der Waals surface area contributed by atoms with Gasteiger partial charge in [-0.2, -0.15) is 15.0 Å². The van der Waals surface area contributed by atoms with Crippen LogP contribution in [0, 0.1) is 11.3 Å². The lowest BCUT2D eigenvalue weighted by molar-refractivity contribution is 0.0962. The number of azo groups is 1. The Morgan fingerprint density at radius 3 is 2.70 bits per heavy atom. The Morgan fingerprint density at radius 1 is 1.20 bits per heavy atom. The fourth-order valence-electron chi connectivity index (χ4n) is 2.92. The number of phenols is 1. The van der Waals surface area contributed by atoms with Crippen LogP contribution in [0.1, 0.15) is 15.9 Å². The largest absolute Gasteiger partial charge is 0.505 e. The number of nitrogens with zero attached hydrogens (tertiary/aromatic N) is 7. The van der Waals surface area contributed by atoms with E-state index >= 15 is 0 Å². The molecule has 0 saturated heterocycles. The van der Waals surface area contributed by atoms with E-state index in [-0.39, 0.29) is 34.3 Å². The summed E-state index contributed by atoms with van der Waals surface area (Å²) in [7, 11) is 1.47. The highest BCUT2D eigenvalue weighted by atomic mass is 16.3. The fourth-order valence-corrected chi connectivity index (χ4v) is 2.92. The summed E-state index contributed by atoms with van der Waals surface area (Å²) in [6.45, 7) is 0. The van der Waals surface area contributed by atoms with Crippen molar-refractivity contribution >= 4 is 28.2 Å². The van der Waals surface area contributed by atoms with E-state index in [2.05, 4.69) is 30.6 Å². The number of aromatic hydroxyl groups is 1. The molecule has 0 spiro atoms. The number of nitriles is 1. The van der Waals surface area contributed by atoms with Crippen LogP contribution in [0.3, 0.4) is 0 Å². The minimum absolute atomic E-state index is 0.0675. The van der Waals surface area contributed by atoms with Crippen molar-refractivity contribution in [2.24, 2.45) is 10.2 Å². The second-order valence-electron chi connectivity index (χ2n) is 6.07. The molecule has 2 aromatic heterocycles. The third-order valence-corrected chi connectivity index (χ3v) is 4.31. The summed E-state index contributed by atoms with van der Waals surface area (Å²) in [4.78, 5) is 20.5. The summed E-state index contributed by atoms with van der Waals surface area (Å²) in [5, 5.41) is 36.2. The van der Waals surface area contributed by atoms with Crippen LogP contribution in [0.4, 0.5) is 11.5 Å². The van der Waals surface area contributed by atoms with Crippen LogP contribution in [0.25, 0.3) is 16.7 Å². The smallest absolute Gasteiger partial charge is 0.255 e. The SMILES string of the molecule is CNC(=O)c1c(O)c(/N=N/c2c(C#N)cnn2-c2ncccn2)cc2ccccc12. The Balaban J connectivity index is 1.87. The molecule has 0 aliphatic rings. The van der Waals surface area contributed by atoms with Crippen LogP contribution in [-0.2, 0) is 0 Å². The zero-order valence-corrected chi connectivity index (χ0v) is 15.7. The molecular formula is C20H14N8O2. The van der Waals surface area contributed by atoms with Crippen molar-refractivity contribution in [3.8, 4) is 17.8 Å². The maximum atomic E-state index is 12.4. The molecule has 0 fully saturated rings. The van der Waals surface area contributed by atoms with E-state index in [4.69, 9.17) is 0 Å². The Labute approximate surface area is 170 Å². The average molecular weight is 398 g/mol. The number of rotatable bonds is 4. The Morgan fingerprint density at radius 2 is 1.97 bits per heavy atom. The first kappa shape index (κ1) is 18.7. The average Bonchev–Trinajstić information content (AvgIpc) is 3.20. The summed E-state index contributed by atoms with van der Waals surface area (Å²) in [6, 6.07) is 12.3. The molecule has 0 atom stereocenters. The molecular weight excluding hydrogens is 384 g/mol. The number of nitrogens with one attached hydrogen (secondary N) is 1. The molecule has 10 heteroatoms. The van der Waals surface area contributed by atoms with E-state index in [0.717, 1.165) is 0 Å². The molecule has 0 radical (unpaired) electrons. The van der Waals surface area contributed by atoms with Crippen molar-refractivity contribution in [2.45, 2.75) is 0 Å². The van der Waals surface area contributed by atoms with E-state index in [1.54, 1.807) is 30.3 Å². The van der Waals surface area contributed by atoms with Gasteiger partial charge in [-0.1, -0.05) is 24.3 Å². The maximum absolute atomic E-state index is 12.4. The van der Waals surface area contributed by atoms with Crippen LogP contribution in [0.2, 0.25) is 0 Å². The van der Waals surface area contributed by atoms with E-state index in [0.29, 0.717) is 10.8 Å². The Hall–Kier alpha value is -4.65. The van der Waals surface area contributed by atoms with Crippen LogP contribution < -0.4 is 5.32 Å². The van der Waals surface area contributed by atoms with Crippen molar-refractivity contribution < 1.29 is 9.90 Å². The van der Waals surface area contributed by atoms with Gasteiger partial charge in [0, 0.05) is 19.4 Å². The van der Waals surface area contributed by atoms with Crippen LogP contribution in [0.5, 0.6) is 5.75 Å². The second kappa shape index (κ2) is 7.76. The van der Waals surface area contributed by atoms with E-state index < -0.39 is 5.91 Å². The molecule has 0 unspecified atom stereocenters. The maximum Gasteiger partial charge on any atom is 0.255 e. The summed E-state index contributed by atoms with van der Waals surface area (Å²) in [5.74, 6) is -0.474. The number of hydrogen-bond acceptors (Lipinski definition) is 8. The molecule has 0 bridgehead atoms. The molecule has 4 aromatic rings. The summed E-state index contributed by atoms with van der Waals surface area (Å²) >= 11 is 0. The van der Waals surface area contributed by atoms with Gasteiger partial charge in [0.05, 0.1) is 11.8 Å². The van der Waals surface area contributed by atoms with E-state index in [1.807, 2.05) is 12.1 Å². The van der Waals surface area contributed by atoms with Crippen LogP contribution >= 0.6 is 0 Å². The van der Waals surface area contributed by atoms with Crippen molar-refractivity contribution in [1.29, 1.82) is 5.26 Å². The lowest BCUT2D eigenvalue weighted by atomic mass is 10.0. The standard InChI is InChI=1S/C20H14N8O2/c1-22-19(30)16-14-6-3-2-5-12(14)9-15(17(16)29)26-27-18-13(10-21)11-25-28(18)20-23-7-4-8-24-20/h2-9,11,29H,1H3,(H,22,30)/b27-26+. The number of aromatic nitrogens is 4. The minimum Gasteiger partial charge on any atom is -0.505 e. The van der Waals surface area contributed by atoms with Gasteiger partial charge < -0.3 is 10.4 Å². The Bertz CT molecular complexity index is 1320. The quantitative estimate of drug-likeness (QED) is 0.506. The molecule has 146 valence electrons. The highest BCUT2D eigenvalue weighted by Crippen LogP contribution is 2.38. The molecule has 10 nitrogen and oxygen atoms in total. The topological polar surface area (TPSA) is 141 Å². The fraction of sp³-hybridized carbons (Fsp3) is 0.0500. The molecule has 0 aliphatic carbocycles. The molecule has 1 amide bonds. The predicted molar refractivity (Wildman–Crippen MR) is 107 cm³/mol. The van der Waals surface area contributed by atoms with Crippen molar-refractivity contribution in [2.75, 3.05) is 7.05 Å². The minimum atomic E-state index is -0.457. The lowest BCUT2D eigenvalue weighted by Crippen LogP contribution is -2.18. The van der Waals surface area contributed by atoms with Gasteiger partial charge in [0.2, 0.25) is 0 Å². The molecule has 0 aliphatic heterocycles. The first-order valence-electron chi connectivity index (χ1n) is 8.78. The number of benzene rings is 2. The normalized spacial score (nSPS) is 10.9. The van der Waals surface area contributed by atoms with E-state index in [1.165, 1.54) is 30.3 Å². The third kappa shape index (κ3) is 3.20. The first-order chi connectivity index (χ1) is 14.6. The van der Waals surface area contributed by atoms with Gasteiger partial charge in [0.15, 0.2) is 11.6 Å². The second-order valence-corrected chi connectivity index (χ2v) is 6.07. The predicted octanol–water partition coefficient (Wildman–Crippen LogP) is 3.17. The van der Waals surface area contributed by atoms with Gasteiger partial charge in [-0.3, -0.25) is 4.79 Å². The van der Waals surface area contributed by atoms with Crippen molar-refractivity contribution in [1.82, 2.24) is 25.1 Å². The zero-order chi connectivity index (χ0) is 21.1. The number of amides is 1. The Kier molecular flexibility index (Phi) is 4.84. The first-order valence-corrected chi connectivity index (χ1v) is 8.78. The summed E-state index contributed by atoms with van der Waals surface area (Å²) in [5.41, 5.74) is 0.306. The molecule has 2 heterocycles. The van der Waals surface area contributed by atoms with Gasteiger partial charge in [-0.25, -0.2) is 9.97 Å². The third-order valence-electron chi connectivity index (χ3n) is 4.31. The number of carbonyl (C=O) groups excluding carboxylic acids is 1. The van der Waals surface area contributed by atoms with E-state index in [9.17, 15) is 15.2 Å². The molecule has 2 N–H and O–H groups in total. The highest BCUT2D eigenvalue weighted by Gasteiger charge is 2.19. The number of carbonyl (C=O) groups is 1. The van der Waals surface area contributed by atoms with Gasteiger partial charge in [0.25, 0.3) is 11.9 Å². The van der Waals surface area contributed by atoms with Crippen LogP contribution in [-0.4, -0.2) is 37.8 Å². The highest BCUT2D eigenvalue weighted by molar-refractivity contribution is 6.11. The van der Waals surface area contributed by atoms with Gasteiger partial charge in [0.1, 0.15) is 17.3 Å². The summed E-state index contributed by atoms with van der Waals surface area (Å²) in [6.07, 6.45) is 4.38. The van der Waals surface area contributed by atoms with Gasteiger partial charge >= 0.3 is 0 Å². The van der Waals surface area contributed by atoms with Crippen molar-refractivity contribution in [3.63, 3.8) is 0 Å². The molecule has 0 saturated carbocycles. The number of fused-ring (bicyclic) bond motifs is 1. The van der Waals surface area contributed by atoms with Crippen molar-refractivity contribution in [3.05, 3.63) is 66.1 Å². The number of hydrogen-bond donors (Lipinski definition) is 2. The number of phenolic OH excluding ortho intramolecular Hbond substituents is 1. The van der Waals surface area contributed by atoms with Gasteiger partial charge in [-0.15, -0.1) is 10.2 Å².